The number of hydrogen-bond acceptors (Lipinski definition) is 6. The van der Waals surface area contributed by atoms with Crippen LogP contribution in [-0.2, 0) is 6.42 Å². The first-order chi connectivity index (χ1) is 17.2. The number of piperidine rings is 1. The molecule has 5 rings (SSSR count). The van der Waals surface area contributed by atoms with Crippen molar-refractivity contribution >= 4 is 11.8 Å². The van der Waals surface area contributed by atoms with E-state index < -0.39 is 0 Å². The first-order valence-corrected chi connectivity index (χ1v) is 14.5. The van der Waals surface area contributed by atoms with Gasteiger partial charge in [0.2, 0.25) is 0 Å². The van der Waals surface area contributed by atoms with Crippen molar-refractivity contribution in [3.8, 4) is 17.2 Å². The molecular weight excluding hydrogens is 456 g/mol. The molecular formula is C29H40N2O3S. The first kappa shape index (κ1) is 24.8. The van der Waals surface area contributed by atoms with E-state index in [0.717, 1.165) is 49.1 Å². The zero-order valence-corrected chi connectivity index (χ0v) is 21.7. The second kappa shape index (κ2) is 12.4. The van der Waals surface area contributed by atoms with E-state index in [1.165, 1.54) is 70.0 Å². The summed E-state index contributed by atoms with van der Waals surface area (Å²) in [7, 11) is 0. The van der Waals surface area contributed by atoms with E-state index in [-0.39, 0.29) is 11.5 Å². The second-order valence-corrected chi connectivity index (χ2v) is 11.4. The molecule has 2 unspecified atom stereocenters. The van der Waals surface area contributed by atoms with E-state index in [1.54, 1.807) is 6.07 Å². The minimum atomic E-state index is 0.0716. The van der Waals surface area contributed by atoms with Crippen LogP contribution in [0.3, 0.4) is 0 Å². The van der Waals surface area contributed by atoms with Crippen LogP contribution in [0.15, 0.2) is 47.4 Å². The molecule has 2 aromatic rings. The number of phenols is 1. The minimum absolute atomic E-state index is 0.0716. The zero-order chi connectivity index (χ0) is 23.9. The topological polar surface area (TPSA) is 45.2 Å². The molecule has 2 fully saturated rings. The minimum Gasteiger partial charge on any atom is -0.508 e. The molecule has 0 aromatic heterocycles. The quantitative estimate of drug-likeness (QED) is 0.511. The van der Waals surface area contributed by atoms with Crippen molar-refractivity contribution in [1.29, 1.82) is 0 Å². The molecule has 3 aliphatic heterocycles. The summed E-state index contributed by atoms with van der Waals surface area (Å²) in [5, 5.41) is 10.3. The summed E-state index contributed by atoms with van der Waals surface area (Å²) in [6.45, 7) is 6.43. The third kappa shape index (κ3) is 6.87. The summed E-state index contributed by atoms with van der Waals surface area (Å²) < 4.78 is 12.6. The second-order valence-electron chi connectivity index (χ2n) is 10.2. The average molecular weight is 497 g/mol. The number of likely N-dealkylation sites (tertiary alicyclic amines) is 2. The number of rotatable bonds is 7. The van der Waals surface area contributed by atoms with Crippen LogP contribution in [0.2, 0.25) is 0 Å². The molecule has 0 aliphatic carbocycles. The van der Waals surface area contributed by atoms with Crippen molar-refractivity contribution in [2.75, 3.05) is 39.3 Å². The highest BCUT2D eigenvalue weighted by Crippen LogP contribution is 2.43. The number of benzene rings is 2. The van der Waals surface area contributed by atoms with Crippen molar-refractivity contribution in [1.82, 2.24) is 9.80 Å². The van der Waals surface area contributed by atoms with Gasteiger partial charge in [0.1, 0.15) is 30.0 Å². The molecule has 3 aliphatic rings. The van der Waals surface area contributed by atoms with E-state index >= 15 is 0 Å². The van der Waals surface area contributed by atoms with E-state index in [1.807, 2.05) is 23.9 Å². The lowest BCUT2D eigenvalue weighted by atomic mass is 10.0. The normalized spacial score (nSPS) is 24.1. The van der Waals surface area contributed by atoms with Crippen molar-refractivity contribution in [3.05, 3.63) is 48.0 Å². The van der Waals surface area contributed by atoms with Gasteiger partial charge in [-0.3, -0.25) is 9.80 Å². The molecule has 2 saturated heterocycles. The van der Waals surface area contributed by atoms with Gasteiger partial charge in [0.05, 0.1) is 10.3 Å². The molecule has 0 amide bonds. The lowest BCUT2D eigenvalue weighted by Crippen LogP contribution is -2.47. The van der Waals surface area contributed by atoms with Gasteiger partial charge in [-0.1, -0.05) is 49.6 Å². The zero-order valence-electron chi connectivity index (χ0n) is 20.9. The Kier molecular flexibility index (Phi) is 8.77. The maximum absolute atomic E-state index is 10.0. The van der Waals surface area contributed by atoms with Crippen LogP contribution in [0, 0.1) is 0 Å². The Morgan fingerprint density at radius 2 is 1.54 bits per heavy atom. The molecule has 0 bridgehead atoms. The lowest BCUT2D eigenvalue weighted by Gasteiger charge is -2.41. The third-order valence-electron chi connectivity index (χ3n) is 7.51. The predicted octanol–water partition coefficient (Wildman–Crippen LogP) is 5.94. The summed E-state index contributed by atoms with van der Waals surface area (Å²) in [5.41, 5.74) is 1.28. The Balaban J connectivity index is 1.23. The van der Waals surface area contributed by atoms with E-state index in [9.17, 15) is 5.11 Å². The van der Waals surface area contributed by atoms with Gasteiger partial charge in [0.15, 0.2) is 0 Å². The summed E-state index contributed by atoms with van der Waals surface area (Å²) in [4.78, 5) is 6.18. The van der Waals surface area contributed by atoms with Gasteiger partial charge in [-0.15, -0.1) is 0 Å². The smallest absolute Gasteiger partial charge is 0.133 e. The third-order valence-corrected chi connectivity index (χ3v) is 8.92. The number of fused-ring (bicyclic) bond motifs is 1. The number of phenolic OH excluding ortho intramolecular Hbond substituents is 1. The molecule has 2 atom stereocenters. The number of thioether (sulfide) groups is 1. The van der Waals surface area contributed by atoms with Crippen LogP contribution < -0.4 is 9.47 Å². The van der Waals surface area contributed by atoms with Crippen LogP contribution in [0.1, 0.15) is 56.9 Å². The molecule has 0 saturated carbocycles. The van der Waals surface area contributed by atoms with Crippen molar-refractivity contribution < 1.29 is 14.6 Å². The molecule has 2 aromatic carbocycles. The maximum atomic E-state index is 10.0. The fourth-order valence-corrected chi connectivity index (χ4v) is 6.87. The highest BCUT2D eigenvalue weighted by Gasteiger charge is 2.35. The van der Waals surface area contributed by atoms with Crippen molar-refractivity contribution in [2.45, 2.75) is 74.2 Å². The van der Waals surface area contributed by atoms with Crippen LogP contribution in [0.5, 0.6) is 17.2 Å². The van der Waals surface area contributed by atoms with E-state index in [0.29, 0.717) is 5.75 Å². The van der Waals surface area contributed by atoms with Crippen molar-refractivity contribution in [2.24, 2.45) is 0 Å². The molecule has 5 nitrogen and oxygen atoms in total. The van der Waals surface area contributed by atoms with Crippen LogP contribution >= 0.6 is 11.8 Å². The van der Waals surface area contributed by atoms with Gasteiger partial charge >= 0.3 is 0 Å². The fraction of sp³-hybridized carbons (Fsp3) is 0.586. The Bertz CT molecular complexity index is 924. The maximum Gasteiger partial charge on any atom is 0.133 e. The van der Waals surface area contributed by atoms with Gasteiger partial charge < -0.3 is 14.6 Å². The highest BCUT2D eigenvalue weighted by atomic mass is 32.2. The largest absolute Gasteiger partial charge is 0.508 e. The van der Waals surface area contributed by atoms with Crippen molar-refractivity contribution in [3.63, 3.8) is 0 Å². The SMILES string of the molecule is Oc1ccc2c(c1)SC(N1CCCCCCC1)C(Cc1ccc(OCCN3CCCCC3)cc1)O2. The lowest BCUT2D eigenvalue weighted by molar-refractivity contribution is 0.0989. The van der Waals surface area contributed by atoms with Crippen LogP contribution in [0.25, 0.3) is 0 Å². The van der Waals surface area contributed by atoms with E-state index in [2.05, 4.69) is 34.1 Å². The number of nitrogens with zero attached hydrogens (tertiary/aromatic N) is 2. The van der Waals surface area contributed by atoms with Gasteiger partial charge in [0, 0.05) is 13.0 Å². The fourth-order valence-electron chi connectivity index (χ4n) is 5.52. The Hall–Kier alpha value is -1.89. The predicted molar refractivity (Wildman–Crippen MR) is 143 cm³/mol. The molecule has 190 valence electrons. The Labute approximate surface area is 214 Å². The summed E-state index contributed by atoms with van der Waals surface area (Å²) >= 11 is 1.86. The molecule has 0 radical (unpaired) electrons. The molecule has 35 heavy (non-hydrogen) atoms. The molecule has 6 heteroatoms. The summed E-state index contributed by atoms with van der Waals surface area (Å²) in [6.07, 6.45) is 11.4. The van der Waals surface area contributed by atoms with E-state index in [4.69, 9.17) is 9.47 Å². The Morgan fingerprint density at radius 3 is 2.31 bits per heavy atom. The first-order valence-electron chi connectivity index (χ1n) is 13.6. The highest BCUT2D eigenvalue weighted by molar-refractivity contribution is 8.00. The van der Waals surface area contributed by atoms with Gasteiger partial charge in [-0.25, -0.2) is 0 Å². The monoisotopic (exact) mass is 496 g/mol. The standard InChI is InChI=1S/C29H40N2O3S/c32-24-11-14-26-28(22-24)35-29(31-17-7-2-1-3-8-18-31)27(34-26)21-23-9-12-25(13-10-23)33-20-19-30-15-5-4-6-16-30/h9-14,22,27,29,32H,1-8,15-21H2. The molecule has 3 heterocycles. The summed E-state index contributed by atoms with van der Waals surface area (Å²) in [6, 6.07) is 14.1. The van der Waals surface area contributed by atoms with Gasteiger partial charge in [-0.2, -0.15) is 0 Å². The van der Waals surface area contributed by atoms with Crippen LogP contribution in [-0.4, -0.2) is 65.7 Å². The Morgan fingerprint density at radius 1 is 0.857 bits per heavy atom. The number of ether oxygens (including phenoxy) is 2. The number of hydrogen-bond donors (Lipinski definition) is 1. The average Bonchev–Trinajstić information content (AvgIpc) is 2.86. The van der Waals surface area contributed by atoms with Crippen LogP contribution in [0.4, 0.5) is 0 Å². The molecule has 0 spiro atoms. The van der Waals surface area contributed by atoms with Gasteiger partial charge in [-0.05, 0) is 87.8 Å². The molecule has 1 N–H and O–H groups in total. The number of aromatic hydroxyl groups is 1. The summed E-state index contributed by atoms with van der Waals surface area (Å²) in [5.74, 6) is 2.14. The van der Waals surface area contributed by atoms with Gasteiger partial charge in [0.25, 0.3) is 0 Å².